The van der Waals surface area contributed by atoms with E-state index >= 15 is 0 Å². The molecule has 1 fully saturated rings. The van der Waals surface area contributed by atoms with Crippen molar-refractivity contribution in [3.8, 4) is 11.1 Å². The summed E-state index contributed by atoms with van der Waals surface area (Å²) in [6.07, 6.45) is 4.43. The first kappa shape index (κ1) is 17.1. The maximum atomic E-state index is 12.9. The lowest BCUT2D eigenvalue weighted by atomic mass is 10.1. The van der Waals surface area contributed by atoms with Gasteiger partial charge >= 0.3 is 0 Å². The number of benzene rings is 2. The normalized spacial score (nSPS) is 16.6. The van der Waals surface area contributed by atoms with Gasteiger partial charge in [0.2, 0.25) is 5.91 Å². The summed E-state index contributed by atoms with van der Waals surface area (Å²) in [6, 6.07) is 16.0. The molecule has 0 radical (unpaired) electrons. The van der Waals surface area contributed by atoms with Gasteiger partial charge in [-0.25, -0.2) is 0 Å². The summed E-state index contributed by atoms with van der Waals surface area (Å²) in [7, 11) is 4.02. The first-order valence-electron chi connectivity index (χ1n) is 9.06. The maximum absolute atomic E-state index is 12.9. The van der Waals surface area contributed by atoms with Crippen LogP contribution in [-0.4, -0.2) is 42.8 Å². The van der Waals surface area contributed by atoms with Crippen molar-refractivity contribution >= 4 is 23.0 Å². The monoisotopic (exact) mass is 361 g/mol. The second-order valence-electron chi connectivity index (χ2n) is 6.95. The van der Waals surface area contributed by atoms with Gasteiger partial charge in [-0.1, -0.05) is 18.2 Å². The number of carbonyl (C=O) groups is 1. The van der Waals surface area contributed by atoms with E-state index in [1.54, 1.807) is 6.20 Å². The van der Waals surface area contributed by atoms with Crippen molar-refractivity contribution in [1.29, 1.82) is 0 Å². The Hall–Kier alpha value is -3.28. The number of nitrogens with zero attached hydrogens (tertiary/aromatic N) is 3. The molecule has 1 aliphatic heterocycles. The molecule has 0 aliphatic carbocycles. The van der Waals surface area contributed by atoms with E-state index in [1.165, 1.54) is 0 Å². The highest BCUT2D eigenvalue weighted by Gasteiger charge is 2.32. The van der Waals surface area contributed by atoms with Crippen molar-refractivity contribution < 1.29 is 4.79 Å². The molecule has 0 bridgehead atoms. The van der Waals surface area contributed by atoms with Gasteiger partial charge in [0.1, 0.15) is 6.04 Å². The third-order valence-corrected chi connectivity index (χ3v) is 4.92. The van der Waals surface area contributed by atoms with Crippen LogP contribution in [0.3, 0.4) is 0 Å². The second kappa shape index (κ2) is 7.15. The fourth-order valence-electron chi connectivity index (χ4n) is 3.39. The average Bonchev–Trinajstić information content (AvgIpc) is 3.33. The molecule has 2 heterocycles. The van der Waals surface area contributed by atoms with Gasteiger partial charge in [-0.15, -0.1) is 0 Å². The number of carbonyl (C=O) groups excluding carboxylic acids is 1. The fourth-order valence-corrected chi connectivity index (χ4v) is 3.39. The predicted molar refractivity (Wildman–Crippen MR) is 109 cm³/mol. The van der Waals surface area contributed by atoms with Gasteiger partial charge in [0.15, 0.2) is 0 Å². The molecule has 1 saturated heterocycles. The van der Waals surface area contributed by atoms with E-state index in [2.05, 4.69) is 32.5 Å². The Morgan fingerprint density at radius 3 is 2.67 bits per heavy atom. The molecule has 4 rings (SSSR count). The number of hydrogen-bond acceptors (Lipinski definition) is 4. The van der Waals surface area contributed by atoms with E-state index in [4.69, 9.17) is 0 Å². The van der Waals surface area contributed by atoms with Crippen LogP contribution in [0.2, 0.25) is 0 Å². The molecule has 1 atom stereocenters. The van der Waals surface area contributed by atoms with Crippen LogP contribution in [0, 0.1) is 0 Å². The van der Waals surface area contributed by atoms with Crippen molar-refractivity contribution in [3.05, 3.63) is 60.9 Å². The average molecular weight is 361 g/mol. The smallest absolute Gasteiger partial charge is 0.249 e. The van der Waals surface area contributed by atoms with Crippen LogP contribution in [0.5, 0.6) is 0 Å². The lowest BCUT2D eigenvalue weighted by Gasteiger charge is -2.19. The van der Waals surface area contributed by atoms with Gasteiger partial charge in [-0.2, -0.15) is 5.10 Å². The zero-order valence-corrected chi connectivity index (χ0v) is 15.5. The van der Waals surface area contributed by atoms with E-state index in [0.717, 1.165) is 41.2 Å². The molecule has 6 heteroatoms. The van der Waals surface area contributed by atoms with Crippen LogP contribution in [0.25, 0.3) is 11.1 Å². The molecule has 0 saturated carbocycles. The molecule has 0 spiro atoms. The Balaban J connectivity index is 1.46. The van der Waals surface area contributed by atoms with Gasteiger partial charge in [-0.3, -0.25) is 9.89 Å². The Morgan fingerprint density at radius 1 is 1.15 bits per heavy atom. The van der Waals surface area contributed by atoms with Crippen molar-refractivity contribution in [2.75, 3.05) is 35.8 Å². The minimum atomic E-state index is -0.198. The molecule has 2 N–H and O–H groups in total. The number of amides is 1. The predicted octanol–water partition coefficient (Wildman–Crippen LogP) is 3.36. The molecule has 138 valence electrons. The number of H-pyrrole nitrogens is 1. The number of hydrogen-bond donors (Lipinski definition) is 2. The fraction of sp³-hybridized carbons (Fsp3) is 0.238. The zero-order valence-electron chi connectivity index (χ0n) is 15.5. The van der Waals surface area contributed by atoms with Crippen molar-refractivity contribution in [2.45, 2.75) is 12.5 Å². The SMILES string of the molecule is CN(C)c1cccc(N[C@@H]2CCN(c3ccc(-c4cn[nH]c4)cc3)C2=O)c1. The largest absolute Gasteiger partial charge is 0.378 e. The van der Waals surface area contributed by atoms with Gasteiger partial charge in [-0.05, 0) is 42.3 Å². The third-order valence-electron chi connectivity index (χ3n) is 4.92. The number of rotatable bonds is 5. The highest BCUT2D eigenvalue weighted by molar-refractivity contribution is 6.01. The van der Waals surface area contributed by atoms with Crippen LogP contribution in [-0.2, 0) is 4.79 Å². The van der Waals surface area contributed by atoms with E-state index in [-0.39, 0.29) is 11.9 Å². The van der Waals surface area contributed by atoms with Gasteiger partial charge in [0.05, 0.1) is 6.20 Å². The summed E-state index contributed by atoms with van der Waals surface area (Å²) in [5.74, 6) is 0.112. The summed E-state index contributed by atoms with van der Waals surface area (Å²) in [6.45, 7) is 0.717. The number of nitrogens with one attached hydrogen (secondary N) is 2. The van der Waals surface area contributed by atoms with E-state index in [0.29, 0.717) is 0 Å². The molecule has 1 aliphatic rings. The van der Waals surface area contributed by atoms with Crippen LogP contribution in [0.1, 0.15) is 6.42 Å². The minimum absolute atomic E-state index is 0.112. The highest BCUT2D eigenvalue weighted by atomic mass is 16.2. The third kappa shape index (κ3) is 3.51. The number of aromatic nitrogens is 2. The lowest BCUT2D eigenvalue weighted by Crippen LogP contribution is -2.33. The van der Waals surface area contributed by atoms with E-state index in [9.17, 15) is 4.79 Å². The summed E-state index contributed by atoms with van der Waals surface area (Å²) in [5, 5.41) is 10.2. The van der Waals surface area contributed by atoms with E-state index < -0.39 is 0 Å². The molecule has 0 unspecified atom stereocenters. The topological polar surface area (TPSA) is 64.3 Å². The Kier molecular flexibility index (Phi) is 4.54. The lowest BCUT2D eigenvalue weighted by molar-refractivity contribution is -0.117. The van der Waals surface area contributed by atoms with Crippen LogP contribution in [0.4, 0.5) is 17.1 Å². The molecular weight excluding hydrogens is 338 g/mol. The molecule has 27 heavy (non-hydrogen) atoms. The Labute approximate surface area is 158 Å². The molecular formula is C21H23N5O. The summed E-state index contributed by atoms with van der Waals surface area (Å²) in [4.78, 5) is 16.8. The minimum Gasteiger partial charge on any atom is -0.378 e. The number of aromatic amines is 1. The van der Waals surface area contributed by atoms with E-state index in [1.807, 2.05) is 61.6 Å². The highest BCUT2D eigenvalue weighted by Crippen LogP contribution is 2.27. The molecule has 3 aromatic rings. The molecule has 1 aromatic heterocycles. The Morgan fingerprint density at radius 2 is 1.96 bits per heavy atom. The first-order valence-corrected chi connectivity index (χ1v) is 9.06. The van der Waals surface area contributed by atoms with Crippen molar-refractivity contribution in [1.82, 2.24) is 10.2 Å². The molecule has 6 nitrogen and oxygen atoms in total. The van der Waals surface area contributed by atoms with Crippen molar-refractivity contribution in [2.24, 2.45) is 0 Å². The zero-order chi connectivity index (χ0) is 18.8. The summed E-state index contributed by atoms with van der Waals surface area (Å²) in [5.41, 5.74) is 5.12. The van der Waals surface area contributed by atoms with Crippen LogP contribution >= 0.6 is 0 Å². The number of anilines is 3. The van der Waals surface area contributed by atoms with Crippen LogP contribution < -0.4 is 15.1 Å². The van der Waals surface area contributed by atoms with Gasteiger partial charge in [0, 0.05) is 49.5 Å². The summed E-state index contributed by atoms with van der Waals surface area (Å²) >= 11 is 0. The second-order valence-corrected chi connectivity index (χ2v) is 6.95. The van der Waals surface area contributed by atoms with Crippen LogP contribution in [0.15, 0.2) is 60.9 Å². The molecule has 2 aromatic carbocycles. The quantitative estimate of drug-likeness (QED) is 0.731. The first-order chi connectivity index (χ1) is 13.1. The Bertz CT molecular complexity index is 918. The standard InChI is InChI=1S/C21H23N5O/c1-25(2)19-5-3-4-17(12-19)24-20-10-11-26(21(20)27)18-8-6-15(7-9-18)16-13-22-23-14-16/h3-9,12-14,20,24H,10-11H2,1-2H3,(H,22,23)/t20-/m1/s1. The maximum Gasteiger partial charge on any atom is 0.249 e. The van der Waals surface area contributed by atoms with Gasteiger partial charge in [0.25, 0.3) is 0 Å². The van der Waals surface area contributed by atoms with Gasteiger partial charge < -0.3 is 15.1 Å². The van der Waals surface area contributed by atoms with Crippen molar-refractivity contribution in [3.63, 3.8) is 0 Å². The molecule has 1 amide bonds. The summed E-state index contributed by atoms with van der Waals surface area (Å²) < 4.78 is 0.